The fourth-order valence-corrected chi connectivity index (χ4v) is 6.20. The maximum atomic E-state index is 14.7. The van der Waals surface area contributed by atoms with Crippen molar-refractivity contribution in [3.8, 4) is 45.6 Å². The number of anilines is 1. The molecule has 0 bridgehead atoms. The molecule has 0 saturated heterocycles. The summed E-state index contributed by atoms with van der Waals surface area (Å²) in [5.41, 5.74) is 3.49. The zero-order valence-electron chi connectivity index (χ0n) is 25.5. The molecule has 0 radical (unpaired) electrons. The van der Waals surface area contributed by atoms with Crippen molar-refractivity contribution in [2.75, 3.05) is 24.7 Å². The van der Waals surface area contributed by atoms with Gasteiger partial charge in [-0.2, -0.15) is 0 Å². The van der Waals surface area contributed by atoms with Gasteiger partial charge in [0.2, 0.25) is 22.3 Å². The SMILES string of the molecule is CNC(=O)c1c(-c2ccc(OC(C)F)nc2)oc2cc(N(C)S(C)(=O)=O)c(-c3ccc4c(n3)-c3cc5c(F)cccc5n3CO4)cc12. The van der Waals surface area contributed by atoms with Crippen LogP contribution in [0.3, 0.4) is 0 Å². The number of rotatable bonds is 7. The number of alkyl halides is 1. The highest BCUT2D eigenvalue weighted by Crippen LogP contribution is 2.43. The van der Waals surface area contributed by atoms with Crippen LogP contribution < -0.4 is 19.1 Å². The van der Waals surface area contributed by atoms with Crippen molar-refractivity contribution in [1.29, 1.82) is 0 Å². The van der Waals surface area contributed by atoms with Gasteiger partial charge in [0, 0.05) is 61.2 Å². The number of nitrogens with one attached hydrogen (secondary N) is 1. The first-order chi connectivity index (χ1) is 22.4. The van der Waals surface area contributed by atoms with Gasteiger partial charge in [-0.15, -0.1) is 0 Å². The molecule has 0 fully saturated rings. The molecule has 4 aromatic heterocycles. The number of aromatic nitrogens is 3. The molecule has 47 heavy (non-hydrogen) atoms. The largest absolute Gasteiger partial charge is 0.470 e. The van der Waals surface area contributed by atoms with Crippen LogP contribution in [-0.4, -0.2) is 55.6 Å². The van der Waals surface area contributed by atoms with Crippen molar-refractivity contribution in [1.82, 2.24) is 19.9 Å². The van der Waals surface area contributed by atoms with Gasteiger partial charge in [0.1, 0.15) is 28.6 Å². The molecule has 1 atom stereocenters. The van der Waals surface area contributed by atoms with Crippen LogP contribution in [0.2, 0.25) is 0 Å². The van der Waals surface area contributed by atoms with Crippen LogP contribution in [0.1, 0.15) is 17.3 Å². The van der Waals surface area contributed by atoms with Gasteiger partial charge in [0.25, 0.3) is 5.91 Å². The Morgan fingerprint density at radius 3 is 2.64 bits per heavy atom. The Hall–Kier alpha value is -5.50. The van der Waals surface area contributed by atoms with Gasteiger partial charge in [0.05, 0.1) is 34.4 Å². The van der Waals surface area contributed by atoms with Crippen LogP contribution >= 0.6 is 0 Å². The van der Waals surface area contributed by atoms with E-state index in [0.717, 1.165) is 10.6 Å². The number of halogens is 2. The molecule has 0 aliphatic carbocycles. The Balaban J connectivity index is 1.45. The Labute approximate surface area is 267 Å². The zero-order chi connectivity index (χ0) is 33.2. The number of fused-ring (bicyclic) bond motifs is 6. The molecule has 7 rings (SSSR count). The van der Waals surface area contributed by atoms with Crippen molar-refractivity contribution in [2.45, 2.75) is 20.0 Å². The molecule has 1 aliphatic heterocycles. The third-order valence-electron chi connectivity index (χ3n) is 8.00. The molecule has 1 amide bonds. The fraction of sp³-hybridized carbons (Fsp3) is 0.182. The highest BCUT2D eigenvalue weighted by atomic mass is 32.2. The first-order valence-corrected chi connectivity index (χ1v) is 16.3. The normalized spacial score (nSPS) is 13.1. The summed E-state index contributed by atoms with van der Waals surface area (Å²) in [4.78, 5) is 22.4. The predicted octanol–water partition coefficient (Wildman–Crippen LogP) is 6.12. The van der Waals surface area contributed by atoms with Crippen LogP contribution in [-0.2, 0) is 16.8 Å². The number of ether oxygens (including phenoxy) is 2. The second-order valence-corrected chi connectivity index (χ2v) is 13.0. The van der Waals surface area contributed by atoms with Crippen molar-refractivity contribution < 1.29 is 35.9 Å². The number of carbonyl (C=O) groups is 1. The Morgan fingerprint density at radius 1 is 1.13 bits per heavy atom. The van der Waals surface area contributed by atoms with E-state index in [2.05, 4.69) is 10.3 Å². The van der Waals surface area contributed by atoms with E-state index < -0.39 is 22.3 Å². The lowest BCUT2D eigenvalue weighted by molar-refractivity contribution is 0.0810. The molecular formula is C33H27F2N5O6S. The van der Waals surface area contributed by atoms with Crippen LogP contribution in [0.15, 0.2) is 71.3 Å². The lowest BCUT2D eigenvalue weighted by Gasteiger charge is -2.23. The Kier molecular flexibility index (Phi) is 7.12. The summed E-state index contributed by atoms with van der Waals surface area (Å²) in [5, 5.41) is 3.43. The number of benzene rings is 2. The van der Waals surface area contributed by atoms with Gasteiger partial charge >= 0.3 is 0 Å². The fourth-order valence-electron chi connectivity index (χ4n) is 5.69. The van der Waals surface area contributed by atoms with Crippen molar-refractivity contribution in [3.63, 3.8) is 0 Å². The molecule has 240 valence electrons. The first kappa shape index (κ1) is 30.2. The van der Waals surface area contributed by atoms with Gasteiger partial charge < -0.3 is 23.8 Å². The average Bonchev–Trinajstić information content (AvgIpc) is 3.62. The van der Waals surface area contributed by atoms with Crippen molar-refractivity contribution >= 4 is 43.5 Å². The predicted molar refractivity (Wildman–Crippen MR) is 172 cm³/mol. The third kappa shape index (κ3) is 5.10. The second kappa shape index (κ2) is 11.1. The van der Waals surface area contributed by atoms with E-state index in [1.807, 2.05) is 4.57 Å². The summed E-state index contributed by atoms with van der Waals surface area (Å²) in [6, 6.07) is 16.1. The molecule has 0 saturated carbocycles. The number of hydrogen-bond donors (Lipinski definition) is 1. The van der Waals surface area contributed by atoms with Crippen LogP contribution in [0.25, 0.3) is 55.8 Å². The van der Waals surface area contributed by atoms with Crippen molar-refractivity contribution in [3.05, 3.63) is 78.2 Å². The highest BCUT2D eigenvalue weighted by molar-refractivity contribution is 7.92. The smallest absolute Gasteiger partial charge is 0.255 e. The maximum Gasteiger partial charge on any atom is 0.255 e. The molecule has 1 aliphatic rings. The van der Waals surface area contributed by atoms with Gasteiger partial charge in [0.15, 0.2) is 6.73 Å². The van der Waals surface area contributed by atoms with Crippen LogP contribution in [0.4, 0.5) is 14.5 Å². The van der Waals surface area contributed by atoms with Crippen LogP contribution in [0.5, 0.6) is 11.6 Å². The summed E-state index contributed by atoms with van der Waals surface area (Å²) in [6.07, 6.45) is 0.885. The minimum Gasteiger partial charge on any atom is -0.470 e. The standard InChI is InChI=1S/C33H27F2N5O6S/c1-17(34)45-29-11-8-18(15-37-29)32-30(33(41)36-2)21-12-20(25(14-28(21)46-32)39(3)47(4,42)43)23-9-10-27-31(38-23)26-13-19-22(35)6-5-7-24(19)40(26)16-44-27/h5-15,17H,16H2,1-4H3,(H,36,41). The third-order valence-corrected chi connectivity index (χ3v) is 9.19. The molecule has 1 unspecified atom stereocenters. The van der Waals surface area contributed by atoms with Gasteiger partial charge in [-0.25, -0.2) is 27.2 Å². The summed E-state index contributed by atoms with van der Waals surface area (Å²) < 4.78 is 73.8. The summed E-state index contributed by atoms with van der Waals surface area (Å²) in [6.45, 7) is 1.39. The van der Waals surface area contributed by atoms with Crippen LogP contribution in [0, 0.1) is 5.82 Å². The number of furan rings is 1. The van der Waals surface area contributed by atoms with E-state index in [0.29, 0.717) is 50.2 Å². The number of carbonyl (C=O) groups excluding carboxylic acids is 1. The first-order valence-electron chi connectivity index (χ1n) is 14.4. The quantitative estimate of drug-likeness (QED) is 0.217. The number of pyridine rings is 2. The molecule has 2 aromatic carbocycles. The minimum absolute atomic E-state index is 0.0462. The van der Waals surface area contributed by atoms with Gasteiger partial charge in [-0.05, 0) is 42.5 Å². The van der Waals surface area contributed by atoms with E-state index in [1.54, 1.807) is 42.5 Å². The van der Waals surface area contributed by atoms with Crippen molar-refractivity contribution in [2.24, 2.45) is 0 Å². The number of nitrogens with zero attached hydrogens (tertiary/aromatic N) is 4. The van der Waals surface area contributed by atoms with E-state index in [4.69, 9.17) is 18.9 Å². The monoisotopic (exact) mass is 659 g/mol. The molecule has 6 aromatic rings. The summed E-state index contributed by atoms with van der Waals surface area (Å²) >= 11 is 0. The number of sulfonamides is 1. The summed E-state index contributed by atoms with van der Waals surface area (Å²) in [5.74, 6) is -0.163. The van der Waals surface area contributed by atoms with Gasteiger partial charge in [-0.3, -0.25) is 9.10 Å². The molecule has 5 heterocycles. The number of amides is 1. The van der Waals surface area contributed by atoms with E-state index in [-0.39, 0.29) is 41.0 Å². The summed E-state index contributed by atoms with van der Waals surface area (Å²) in [7, 11) is -0.897. The molecular weight excluding hydrogens is 632 g/mol. The second-order valence-electron chi connectivity index (χ2n) is 11.0. The highest BCUT2D eigenvalue weighted by Gasteiger charge is 2.28. The molecule has 1 N–H and O–H groups in total. The zero-order valence-corrected chi connectivity index (χ0v) is 26.4. The lowest BCUT2D eigenvalue weighted by Crippen LogP contribution is -2.25. The Morgan fingerprint density at radius 2 is 1.94 bits per heavy atom. The molecule has 11 nitrogen and oxygen atoms in total. The Bertz CT molecular complexity index is 2330. The van der Waals surface area contributed by atoms with Gasteiger partial charge in [-0.1, -0.05) is 6.07 Å². The lowest BCUT2D eigenvalue weighted by atomic mass is 10.0. The minimum atomic E-state index is -3.77. The maximum absolute atomic E-state index is 14.7. The number of hydrogen-bond acceptors (Lipinski definition) is 8. The molecule has 0 spiro atoms. The van der Waals surface area contributed by atoms with E-state index >= 15 is 0 Å². The van der Waals surface area contributed by atoms with E-state index in [9.17, 15) is 22.0 Å². The topological polar surface area (TPSA) is 129 Å². The van der Waals surface area contributed by atoms with E-state index in [1.165, 1.54) is 45.4 Å². The molecule has 14 heteroatoms. The average molecular weight is 660 g/mol.